The smallest absolute Gasteiger partial charge is 0.0407 e. The van der Waals surface area contributed by atoms with E-state index in [-0.39, 0.29) is 0 Å². The minimum Gasteiger partial charge on any atom is -0.369 e. The van der Waals surface area contributed by atoms with E-state index in [1.165, 1.54) is 18.8 Å². The molecule has 0 atom stereocenters. The molecule has 0 N–H and O–H groups in total. The lowest BCUT2D eigenvalue weighted by molar-refractivity contribution is 0.271. The predicted molar refractivity (Wildman–Crippen MR) is 65.8 cm³/mol. The Labute approximate surface area is 96.4 Å². The van der Waals surface area contributed by atoms with E-state index in [2.05, 4.69) is 28.9 Å². The summed E-state index contributed by atoms with van der Waals surface area (Å²) in [7, 11) is 0. The molecule has 1 aromatic carbocycles. The first-order chi connectivity index (χ1) is 7.29. The zero-order valence-electron chi connectivity index (χ0n) is 9.12. The van der Waals surface area contributed by atoms with Crippen LogP contribution >= 0.6 is 11.6 Å². The van der Waals surface area contributed by atoms with Gasteiger partial charge in [-0.15, -0.1) is 0 Å². The standard InChI is InChI=1S/C12H17ClN2/c1-2-14-7-9-15(10-8-14)12-5-3-11(13)4-6-12/h3-6H,2,7-10H2,1H3. The van der Waals surface area contributed by atoms with Crippen LogP contribution in [0.5, 0.6) is 0 Å². The lowest BCUT2D eigenvalue weighted by Crippen LogP contribution is -2.46. The monoisotopic (exact) mass is 224 g/mol. The number of anilines is 1. The molecule has 1 aliphatic heterocycles. The van der Waals surface area contributed by atoms with Crippen molar-refractivity contribution in [3.63, 3.8) is 0 Å². The minimum absolute atomic E-state index is 0.811. The first kappa shape index (κ1) is 10.8. The number of benzene rings is 1. The third-order valence-corrected chi connectivity index (χ3v) is 3.26. The van der Waals surface area contributed by atoms with Crippen LogP contribution < -0.4 is 4.90 Å². The third-order valence-electron chi connectivity index (χ3n) is 3.01. The van der Waals surface area contributed by atoms with Crippen molar-refractivity contribution in [2.24, 2.45) is 0 Å². The Balaban J connectivity index is 1.98. The molecule has 1 saturated heterocycles. The van der Waals surface area contributed by atoms with Crippen LogP contribution in [0.25, 0.3) is 0 Å². The molecular formula is C12H17ClN2. The largest absolute Gasteiger partial charge is 0.369 e. The average Bonchev–Trinajstić information content (AvgIpc) is 2.30. The van der Waals surface area contributed by atoms with Crippen molar-refractivity contribution in [1.29, 1.82) is 0 Å². The van der Waals surface area contributed by atoms with Crippen molar-refractivity contribution in [3.05, 3.63) is 29.3 Å². The van der Waals surface area contributed by atoms with Gasteiger partial charge in [0.2, 0.25) is 0 Å². The normalized spacial score (nSPS) is 18.1. The molecule has 1 heterocycles. The number of likely N-dealkylation sites (N-methyl/N-ethyl adjacent to an activating group) is 1. The molecule has 0 aliphatic carbocycles. The van der Waals surface area contributed by atoms with Crippen LogP contribution in [-0.2, 0) is 0 Å². The van der Waals surface area contributed by atoms with Crippen LogP contribution in [0.4, 0.5) is 5.69 Å². The Morgan fingerprint density at radius 3 is 2.20 bits per heavy atom. The lowest BCUT2D eigenvalue weighted by atomic mass is 10.2. The zero-order chi connectivity index (χ0) is 10.7. The van der Waals surface area contributed by atoms with Crippen molar-refractivity contribution >= 4 is 17.3 Å². The predicted octanol–water partition coefficient (Wildman–Crippen LogP) is 2.48. The summed E-state index contributed by atoms with van der Waals surface area (Å²) in [5, 5.41) is 0.811. The van der Waals surface area contributed by atoms with E-state index < -0.39 is 0 Å². The highest BCUT2D eigenvalue weighted by Gasteiger charge is 2.15. The maximum atomic E-state index is 5.87. The second-order valence-corrected chi connectivity index (χ2v) is 4.33. The van der Waals surface area contributed by atoms with Crippen molar-refractivity contribution in [2.45, 2.75) is 6.92 Å². The Morgan fingerprint density at radius 1 is 1.07 bits per heavy atom. The quantitative estimate of drug-likeness (QED) is 0.762. The van der Waals surface area contributed by atoms with Crippen molar-refractivity contribution in [3.8, 4) is 0 Å². The summed E-state index contributed by atoms with van der Waals surface area (Å²) in [6.07, 6.45) is 0. The first-order valence-corrected chi connectivity index (χ1v) is 5.90. The molecule has 0 radical (unpaired) electrons. The van der Waals surface area contributed by atoms with Crippen LogP contribution in [0, 0.1) is 0 Å². The molecule has 0 unspecified atom stereocenters. The van der Waals surface area contributed by atoms with Gasteiger partial charge in [0.1, 0.15) is 0 Å². The van der Waals surface area contributed by atoms with Crippen LogP contribution in [0.1, 0.15) is 6.92 Å². The van der Waals surface area contributed by atoms with Crippen LogP contribution in [0.15, 0.2) is 24.3 Å². The summed E-state index contributed by atoms with van der Waals surface area (Å²) < 4.78 is 0. The van der Waals surface area contributed by atoms with E-state index >= 15 is 0 Å². The fraction of sp³-hybridized carbons (Fsp3) is 0.500. The van der Waals surface area contributed by atoms with Crippen molar-refractivity contribution < 1.29 is 0 Å². The van der Waals surface area contributed by atoms with Gasteiger partial charge in [0.05, 0.1) is 0 Å². The van der Waals surface area contributed by atoms with E-state index in [9.17, 15) is 0 Å². The maximum Gasteiger partial charge on any atom is 0.0407 e. The highest BCUT2D eigenvalue weighted by atomic mass is 35.5. The van der Waals surface area contributed by atoms with Gasteiger partial charge in [0, 0.05) is 36.9 Å². The average molecular weight is 225 g/mol. The molecule has 0 spiro atoms. The Morgan fingerprint density at radius 2 is 1.67 bits per heavy atom. The van der Waals surface area contributed by atoms with Gasteiger partial charge in [-0.05, 0) is 30.8 Å². The fourth-order valence-corrected chi connectivity index (χ4v) is 2.10. The Kier molecular flexibility index (Phi) is 3.49. The molecule has 1 aromatic rings. The van der Waals surface area contributed by atoms with Crippen LogP contribution in [-0.4, -0.2) is 37.6 Å². The summed E-state index contributed by atoms with van der Waals surface area (Å²) in [5.41, 5.74) is 1.29. The molecule has 1 fully saturated rings. The number of halogens is 1. The summed E-state index contributed by atoms with van der Waals surface area (Å²) in [4.78, 5) is 4.90. The van der Waals surface area contributed by atoms with Crippen LogP contribution in [0.2, 0.25) is 5.02 Å². The van der Waals surface area contributed by atoms with Crippen molar-refractivity contribution in [1.82, 2.24) is 4.90 Å². The second kappa shape index (κ2) is 4.86. The molecule has 0 saturated carbocycles. The second-order valence-electron chi connectivity index (χ2n) is 3.90. The molecule has 82 valence electrons. The van der Waals surface area contributed by atoms with Crippen LogP contribution in [0.3, 0.4) is 0 Å². The number of nitrogens with zero attached hydrogens (tertiary/aromatic N) is 2. The summed E-state index contributed by atoms with van der Waals surface area (Å²) in [6.45, 7) is 7.95. The van der Waals surface area contributed by atoms with Crippen molar-refractivity contribution in [2.75, 3.05) is 37.6 Å². The maximum absolute atomic E-state index is 5.87. The molecule has 0 amide bonds. The molecule has 2 nitrogen and oxygen atoms in total. The highest BCUT2D eigenvalue weighted by molar-refractivity contribution is 6.30. The molecule has 2 rings (SSSR count). The minimum atomic E-state index is 0.811. The first-order valence-electron chi connectivity index (χ1n) is 5.52. The Bertz CT molecular complexity index is 302. The van der Waals surface area contributed by atoms with Gasteiger partial charge < -0.3 is 9.80 Å². The van der Waals surface area contributed by atoms with Gasteiger partial charge in [0.25, 0.3) is 0 Å². The topological polar surface area (TPSA) is 6.48 Å². The molecule has 3 heteroatoms. The summed E-state index contributed by atoms with van der Waals surface area (Å²) in [5.74, 6) is 0. The Hall–Kier alpha value is -0.730. The number of piperazine rings is 1. The van der Waals surface area contributed by atoms with E-state index in [0.29, 0.717) is 0 Å². The fourth-order valence-electron chi connectivity index (χ4n) is 1.97. The zero-order valence-corrected chi connectivity index (χ0v) is 9.87. The van der Waals surface area contributed by atoms with E-state index in [1.54, 1.807) is 0 Å². The third kappa shape index (κ3) is 2.64. The SMILES string of the molecule is CCN1CCN(c2ccc(Cl)cc2)CC1. The van der Waals surface area contributed by atoms with Gasteiger partial charge in [0.15, 0.2) is 0 Å². The lowest BCUT2D eigenvalue weighted by Gasteiger charge is -2.35. The van der Waals surface area contributed by atoms with Gasteiger partial charge in [-0.25, -0.2) is 0 Å². The molecular weight excluding hydrogens is 208 g/mol. The molecule has 15 heavy (non-hydrogen) atoms. The molecule has 0 bridgehead atoms. The summed E-state index contributed by atoms with van der Waals surface area (Å²) >= 11 is 5.87. The van der Waals surface area contributed by atoms with E-state index in [4.69, 9.17) is 11.6 Å². The molecule has 1 aliphatic rings. The number of rotatable bonds is 2. The van der Waals surface area contributed by atoms with Gasteiger partial charge in [-0.2, -0.15) is 0 Å². The number of hydrogen-bond donors (Lipinski definition) is 0. The highest BCUT2D eigenvalue weighted by Crippen LogP contribution is 2.19. The number of hydrogen-bond acceptors (Lipinski definition) is 2. The summed E-state index contributed by atoms with van der Waals surface area (Å²) in [6, 6.07) is 8.13. The van der Waals surface area contributed by atoms with Gasteiger partial charge in [-0.3, -0.25) is 0 Å². The van der Waals surface area contributed by atoms with E-state index in [0.717, 1.165) is 24.7 Å². The molecule has 0 aromatic heterocycles. The van der Waals surface area contributed by atoms with E-state index in [1.807, 2.05) is 12.1 Å². The van der Waals surface area contributed by atoms with Gasteiger partial charge >= 0.3 is 0 Å². The van der Waals surface area contributed by atoms with Gasteiger partial charge in [-0.1, -0.05) is 18.5 Å².